The highest BCUT2D eigenvalue weighted by atomic mass is 35.5. The van der Waals surface area contributed by atoms with Crippen LogP contribution in [-0.2, 0) is 6.61 Å². The lowest BCUT2D eigenvalue weighted by Gasteiger charge is -2.12. The number of hydrogen-bond donors (Lipinski definition) is 3. The van der Waals surface area contributed by atoms with E-state index in [9.17, 15) is 4.79 Å². The first-order chi connectivity index (χ1) is 14.6. The fraction of sp³-hybridized carbons (Fsp3) is 0.0909. The van der Waals surface area contributed by atoms with Gasteiger partial charge in [0.25, 0.3) is 5.91 Å². The van der Waals surface area contributed by atoms with Gasteiger partial charge in [-0.1, -0.05) is 23.7 Å². The smallest absolute Gasteiger partial charge is 0.265 e. The second-order valence-electron chi connectivity index (χ2n) is 6.57. The topological polar surface area (TPSA) is 102 Å². The molecule has 0 unspecified atom stereocenters. The Kier molecular flexibility index (Phi) is 5.56. The lowest BCUT2D eigenvalue weighted by Crippen LogP contribution is -2.29. The van der Waals surface area contributed by atoms with Crippen LogP contribution in [0.25, 0.3) is 22.4 Å². The summed E-state index contributed by atoms with van der Waals surface area (Å²) in [5, 5.41) is 0.683. The lowest BCUT2D eigenvalue weighted by molar-refractivity contribution is 0.0954. The monoisotopic (exact) mass is 422 g/mol. The molecule has 1 aromatic heterocycles. The van der Waals surface area contributed by atoms with E-state index in [-0.39, 0.29) is 5.91 Å². The fourth-order valence-corrected chi connectivity index (χ4v) is 3.17. The Hall–Kier alpha value is -3.55. The number of carbonyl (C=O) groups is 1. The number of benzene rings is 3. The molecule has 0 spiro atoms. The van der Waals surface area contributed by atoms with Gasteiger partial charge in [0.05, 0.1) is 18.1 Å². The van der Waals surface area contributed by atoms with Crippen molar-refractivity contribution in [1.82, 2.24) is 15.4 Å². The van der Waals surface area contributed by atoms with E-state index in [1.165, 1.54) is 0 Å². The number of hydrazine groups is 1. The van der Waals surface area contributed by atoms with Gasteiger partial charge in [0.2, 0.25) is 0 Å². The minimum Gasteiger partial charge on any atom is -0.493 e. The standard InChI is InChI=1S/C22H19ClN4O3/c1-29-20-11-14(5-9-19(20)30-12-13-2-6-16(23)7-3-13)21-25-17-8-4-15(22(28)27-24)10-18(17)26-21/h2-11H,12,24H2,1H3,(H,25,26)(H,27,28). The summed E-state index contributed by atoms with van der Waals surface area (Å²) in [6.07, 6.45) is 0. The molecule has 8 heteroatoms. The van der Waals surface area contributed by atoms with Gasteiger partial charge in [-0.3, -0.25) is 10.2 Å². The second kappa shape index (κ2) is 8.44. The van der Waals surface area contributed by atoms with Crippen molar-refractivity contribution in [2.75, 3.05) is 7.11 Å². The zero-order valence-corrected chi connectivity index (χ0v) is 16.9. The van der Waals surface area contributed by atoms with Crippen molar-refractivity contribution in [2.24, 2.45) is 5.84 Å². The number of ether oxygens (including phenoxy) is 2. The largest absolute Gasteiger partial charge is 0.493 e. The molecule has 0 saturated carbocycles. The zero-order valence-electron chi connectivity index (χ0n) is 16.1. The third kappa shape index (κ3) is 4.07. The Bertz CT molecular complexity index is 1200. The number of aromatic amines is 1. The van der Waals surface area contributed by atoms with Crippen LogP contribution in [0.2, 0.25) is 5.02 Å². The van der Waals surface area contributed by atoms with E-state index in [1.807, 2.05) is 42.5 Å². The maximum atomic E-state index is 11.7. The predicted octanol–water partition coefficient (Wildman–Crippen LogP) is 4.07. The number of H-pyrrole nitrogens is 1. The van der Waals surface area contributed by atoms with Crippen LogP contribution < -0.4 is 20.7 Å². The van der Waals surface area contributed by atoms with Crippen LogP contribution in [0.3, 0.4) is 0 Å². The number of nitrogen functional groups attached to an aromatic ring is 1. The summed E-state index contributed by atoms with van der Waals surface area (Å²) in [5.41, 5.74) is 5.86. The molecule has 0 saturated heterocycles. The first-order valence-electron chi connectivity index (χ1n) is 9.14. The Morgan fingerprint density at radius 2 is 1.90 bits per heavy atom. The third-order valence-electron chi connectivity index (χ3n) is 4.62. The SMILES string of the molecule is COc1cc(-c2nc3ccc(C(=O)NN)cc3[nH]2)ccc1OCc1ccc(Cl)cc1. The highest BCUT2D eigenvalue weighted by Crippen LogP contribution is 2.33. The molecule has 30 heavy (non-hydrogen) atoms. The van der Waals surface area contributed by atoms with E-state index in [0.717, 1.165) is 22.2 Å². The number of methoxy groups -OCH3 is 1. The van der Waals surface area contributed by atoms with E-state index in [2.05, 4.69) is 15.4 Å². The Balaban J connectivity index is 1.58. The molecular formula is C22H19ClN4O3. The summed E-state index contributed by atoms with van der Waals surface area (Å²) in [5.74, 6) is 6.70. The van der Waals surface area contributed by atoms with Gasteiger partial charge in [-0.2, -0.15) is 0 Å². The molecule has 0 bridgehead atoms. The Morgan fingerprint density at radius 3 is 2.63 bits per heavy atom. The molecule has 4 aromatic rings. The van der Waals surface area contributed by atoms with Crippen molar-refractivity contribution in [3.05, 3.63) is 76.8 Å². The lowest BCUT2D eigenvalue weighted by atomic mass is 10.2. The van der Waals surface area contributed by atoms with Crippen molar-refractivity contribution in [3.63, 3.8) is 0 Å². The molecule has 0 fully saturated rings. The number of nitrogens with two attached hydrogens (primary N) is 1. The molecule has 1 amide bonds. The van der Waals surface area contributed by atoms with E-state index in [1.54, 1.807) is 25.3 Å². The molecule has 0 aliphatic heterocycles. The van der Waals surface area contributed by atoms with Gasteiger partial charge in [-0.25, -0.2) is 10.8 Å². The third-order valence-corrected chi connectivity index (χ3v) is 4.87. The normalized spacial score (nSPS) is 10.8. The number of halogens is 1. The van der Waals surface area contributed by atoms with Crippen molar-refractivity contribution >= 4 is 28.5 Å². The van der Waals surface area contributed by atoms with Crippen LogP contribution in [0.1, 0.15) is 15.9 Å². The highest BCUT2D eigenvalue weighted by Gasteiger charge is 2.12. The van der Waals surface area contributed by atoms with Gasteiger partial charge < -0.3 is 14.5 Å². The van der Waals surface area contributed by atoms with Crippen molar-refractivity contribution in [1.29, 1.82) is 0 Å². The summed E-state index contributed by atoms with van der Waals surface area (Å²) < 4.78 is 11.4. The second-order valence-corrected chi connectivity index (χ2v) is 7.01. The van der Waals surface area contributed by atoms with Crippen molar-refractivity contribution < 1.29 is 14.3 Å². The average Bonchev–Trinajstić information content (AvgIpc) is 3.21. The molecule has 0 atom stereocenters. The van der Waals surface area contributed by atoms with Gasteiger partial charge in [-0.15, -0.1) is 0 Å². The highest BCUT2D eigenvalue weighted by molar-refractivity contribution is 6.30. The number of carbonyl (C=O) groups excluding carboxylic acids is 1. The van der Waals surface area contributed by atoms with E-state index >= 15 is 0 Å². The van der Waals surface area contributed by atoms with Crippen molar-refractivity contribution in [2.45, 2.75) is 6.61 Å². The molecule has 0 aliphatic rings. The zero-order chi connectivity index (χ0) is 21.1. The molecule has 4 rings (SSSR count). The first kappa shape index (κ1) is 19.8. The molecule has 1 heterocycles. The minimum absolute atomic E-state index is 0.364. The van der Waals surface area contributed by atoms with Crippen LogP contribution in [0.4, 0.5) is 0 Å². The maximum absolute atomic E-state index is 11.7. The van der Waals surface area contributed by atoms with Gasteiger partial charge >= 0.3 is 0 Å². The fourth-order valence-electron chi connectivity index (χ4n) is 3.05. The van der Waals surface area contributed by atoms with Gasteiger partial charge in [0, 0.05) is 16.1 Å². The first-order valence-corrected chi connectivity index (χ1v) is 9.51. The predicted molar refractivity (Wildman–Crippen MR) is 116 cm³/mol. The van der Waals surface area contributed by atoms with E-state index in [0.29, 0.717) is 34.5 Å². The number of rotatable bonds is 6. The number of amides is 1. The number of nitrogens with one attached hydrogen (secondary N) is 2. The van der Waals surface area contributed by atoms with Gasteiger partial charge in [0.15, 0.2) is 11.5 Å². The van der Waals surface area contributed by atoms with Crippen LogP contribution in [-0.4, -0.2) is 23.0 Å². The maximum Gasteiger partial charge on any atom is 0.265 e. The summed E-state index contributed by atoms with van der Waals surface area (Å²) in [6.45, 7) is 0.392. The minimum atomic E-state index is -0.364. The van der Waals surface area contributed by atoms with E-state index in [4.69, 9.17) is 26.9 Å². The number of imidazole rings is 1. The molecule has 0 radical (unpaired) electrons. The molecule has 3 aromatic carbocycles. The molecule has 0 aliphatic carbocycles. The summed E-state index contributed by atoms with van der Waals surface area (Å²) in [6, 6.07) is 18.2. The van der Waals surface area contributed by atoms with Gasteiger partial charge in [-0.05, 0) is 54.1 Å². The molecule has 4 N–H and O–H groups in total. The van der Waals surface area contributed by atoms with Gasteiger partial charge in [0.1, 0.15) is 12.4 Å². The summed E-state index contributed by atoms with van der Waals surface area (Å²) in [4.78, 5) is 19.5. The Labute approximate surface area is 177 Å². The number of hydrogen-bond acceptors (Lipinski definition) is 5. The quantitative estimate of drug-likeness (QED) is 0.247. The Morgan fingerprint density at radius 1 is 1.10 bits per heavy atom. The summed E-state index contributed by atoms with van der Waals surface area (Å²) >= 11 is 5.92. The number of fused-ring (bicyclic) bond motifs is 1. The molecule has 7 nitrogen and oxygen atoms in total. The average molecular weight is 423 g/mol. The van der Waals surface area contributed by atoms with E-state index < -0.39 is 0 Å². The van der Waals surface area contributed by atoms with Crippen LogP contribution in [0.5, 0.6) is 11.5 Å². The molecule has 152 valence electrons. The summed E-state index contributed by atoms with van der Waals surface area (Å²) in [7, 11) is 1.59. The molecular weight excluding hydrogens is 404 g/mol. The van der Waals surface area contributed by atoms with Crippen LogP contribution in [0.15, 0.2) is 60.7 Å². The van der Waals surface area contributed by atoms with Crippen LogP contribution >= 0.6 is 11.6 Å². The number of nitrogens with zero attached hydrogens (tertiary/aromatic N) is 1. The van der Waals surface area contributed by atoms with Crippen LogP contribution in [0, 0.1) is 0 Å². The van der Waals surface area contributed by atoms with Crippen molar-refractivity contribution in [3.8, 4) is 22.9 Å². The number of aromatic nitrogens is 2.